The molecule has 3 atom stereocenters. The quantitative estimate of drug-likeness (QED) is 0.383. The summed E-state index contributed by atoms with van der Waals surface area (Å²) in [7, 11) is 0. The molecule has 2 heterocycles. The van der Waals surface area contributed by atoms with Gasteiger partial charge in [-0.3, -0.25) is 19.2 Å². The molecule has 2 aliphatic heterocycles. The van der Waals surface area contributed by atoms with E-state index in [1.54, 1.807) is 4.90 Å². The van der Waals surface area contributed by atoms with Crippen LogP contribution >= 0.6 is 0 Å². The maximum atomic E-state index is 12.7. The van der Waals surface area contributed by atoms with Crippen molar-refractivity contribution in [3.05, 3.63) is 0 Å². The number of aliphatic carboxylic acids is 1. The molecule has 0 aromatic carbocycles. The molecule has 2 aliphatic rings. The van der Waals surface area contributed by atoms with Crippen molar-refractivity contribution in [3.8, 4) is 0 Å². The van der Waals surface area contributed by atoms with Gasteiger partial charge in [0.2, 0.25) is 17.7 Å². The number of carbonyl (C=O) groups excluding carboxylic acids is 3. The van der Waals surface area contributed by atoms with Crippen molar-refractivity contribution in [2.24, 2.45) is 5.73 Å². The number of hydrogen-bond donors (Lipinski definition) is 4. The van der Waals surface area contributed by atoms with Crippen LogP contribution in [0.2, 0.25) is 0 Å². The summed E-state index contributed by atoms with van der Waals surface area (Å²) in [5, 5.41) is 14.5. The van der Waals surface area contributed by atoms with Crippen molar-refractivity contribution in [3.63, 3.8) is 0 Å². The highest BCUT2D eigenvalue weighted by molar-refractivity contribution is 5.93. The lowest BCUT2D eigenvalue weighted by Crippen LogP contribution is -2.54. The zero-order valence-electron chi connectivity index (χ0n) is 15.6. The summed E-state index contributed by atoms with van der Waals surface area (Å²) in [6, 6.07) is -1.59. The smallest absolute Gasteiger partial charge is 0.303 e. The Labute approximate surface area is 159 Å². The van der Waals surface area contributed by atoms with Gasteiger partial charge in [0.05, 0.1) is 6.04 Å². The lowest BCUT2D eigenvalue weighted by Gasteiger charge is -2.28. The normalized spacial score (nSPS) is 23.2. The molecule has 0 spiro atoms. The van der Waals surface area contributed by atoms with E-state index in [0.717, 1.165) is 25.8 Å². The molecule has 0 saturated carbocycles. The molecule has 152 valence electrons. The number of nitrogens with two attached hydrogens (primary N) is 1. The zero-order valence-corrected chi connectivity index (χ0v) is 15.6. The molecule has 0 radical (unpaired) electrons. The third kappa shape index (κ3) is 6.20. The number of carbonyl (C=O) groups is 4. The van der Waals surface area contributed by atoms with Crippen molar-refractivity contribution < 1.29 is 24.3 Å². The van der Waals surface area contributed by atoms with Crippen LogP contribution in [0.4, 0.5) is 0 Å². The number of primary amides is 1. The van der Waals surface area contributed by atoms with Crippen LogP contribution in [0.25, 0.3) is 0 Å². The van der Waals surface area contributed by atoms with E-state index in [4.69, 9.17) is 10.8 Å². The molecule has 5 N–H and O–H groups in total. The van der Waals surface area contributed by atoms with Gasteiger partial charge in [0.15, 0.2) is 0 Å². The first kappa shape index (κ1) is 21.1. The molecule has 0 bridgehead atoms. The number of carboxylic acid groups (broad SMARTS) is 1. The average molecular weight is 382 g/mol. The second-order valence-electron chi connectivity index (χ2n) is 7.30. The number of hydrogen-bond acceptors (Lipinski definition) is 5. The maximum absolute atomic E-state index is 12.7. The molecule has 0 unspecified atom stereocenters. The van der Waals surface area contributed by atoms with Gasteiger partial charge in [-0.1, -0.05) is 12.8 Å². The van der Waals surface area contributed by atoms with Crippen LogP contribution in [0, 0.1) is 0 Å². The Kier molecular flexibility index (Phi) is 8.02. The lowest BCUT2D eigenvalue weighted by molar-refractivity contribution is -0.140. The molecule has 2 fully saturated rings. The highest BCUT2D eigenvalue weighted by atomic mass is 16.4. The Bertz CT molecular complexity index is 562. The Morgan fingerprint density at radius 3 is 2.56 bits per heavy atom. The first-order valence-corrected chi connectivity index (χ1v) is 9.75. The van der Waals surface area contributed by atoms with Gasteiger partial charge >= 0.3 is 5.97 Å². The summed E-state index contributed by atoms with van der Waals surface area (Å²) < 4.78 is 0. The third-order valence-corrected chi connectivity index (χ3v) is 5.24. The predicted octanol–water partition coefficient (Wildman–Crippen LogP) is -0.265. The average Bonchev–Trinajstić information content (AvgIpc) is 3.30. The summed E-state index contributed by atoms with van der Waals surface area (Å²) in [5.74, 6) is -1.85. The van der Waals surface area contributed by atoms with Crippen LogP contribution in [0.15, 0.2) is 0 Å². The van der Waals surface area contributed by atoms with Gasteiger partial charge in [-0.05, 0) is 45.1 Å². The molecule has 0 aliphatic carbocycles. The Hall–Kier alpha value is -2.16. The number of carboxylic acids is 1. The maximum Gasteiger partial charge on any atom is 0.303 e. The van der Waals surface area contributed by atoms with Crippen molar-refractivity contribution in [2.45, 2.75) is 75.9 Å². The molecule has 2 rings (SSSR count). The molecule has 3 amide bonds. The lowest BCUT2D eigenvalue weighted by atomic mass is 10.1. The molecule has 9 nitrogen and oxygen atoms in total. The first-order chi connectivity index (χ1) is 12.9. The van der Waals surface area contributed by atoms with E-state index in [0.29, 0.717) is 38.6 Å². The summed E-state index contributed by atoms with van der Waals surface area (Å²) in [4.78, 5) is 49.1. The monoisotopic (exact) mass is 382 g/mol. The largest absolute Gasteiger partial charge is 0.481 e. The predicted molar refractivity (Wildman–Crippen MR) is 97.6 cm³/mol. The Balaban J connectivity index is 1.84. The summed E-state index contributed by atoms with van der Waals surface area (Å²) >= 11 is 0. The van der Waals surface area contributed by atoms with E-state index in [1.165, 1.54) is 0 Å². The fourth-order valence-corrected chi connectivity index (χ4v) is 3.75. The molecule has 0 aromatic heterocycles. The van der Waals surface area contributed by atoms with Crippen molar-refractivity contribution >= 4 is 23.7 Å². The SMILES string of the molecule is NC(=O)[C@H](CCCCCC(=O)O)NC(=O)[C@@H]1CCCN1C(=O)[C@H]1CCCN1. The Morgan fingerprint density at radius 2 is 1.93 bits per heavy atom. The highest BCUT2D eigenvalue weighted by Crippen LogP contribution is 2.21. The molecule has 2 saturated heterocycles. The van der Waals surface area contributed by atoms with Gasteiger partial charge in [0.25, 0.3) is 0 Å². The topological polar surface area (TPSA) is 142 Å². The second kappa shape index (κ2) is 10.2. The van der Waals surface area contributed by atoms with Gasteiger partial charge < -0.3 is 26.4 Å². The number of nitrogens with zero attached hydrogens (tertiary/aromatic N) is 1. The molecular weight excluding hydrogens is 352 g/mol. The zero-order chi connectivity index (χ0) is 19.8. The minimum atomic E-state index is -0.850. The van der Waals surface area contributed by atoms with Crippen LogP contribution in [0.5, 0.6) is 0 Å². The van der Waals surface area contributed by atoms with Crippen LogP contribution in [-0.4, -0.2) is 64.9 Å². The van der Waals surface area contributed by atoms with Crippen molar-refractivity contribution in [1.29, 1.82) is 0 Å². The van der Waals surface area contributed by atoms with E-state index in [2.05, 4.69) is 10.6 Å². The van der Waals surface area contributed by atoms with E-state index in [-0.39, 0.29) is 24.3 Å². The Morgan fingerprint density at radius 1 is 1.15 bits per heavy atom. The van der Waals surface area contributed by atoms with Crippen LogP contribution in [0.1, 0.15) is 57.8 Å². The van der Waals surface area contributed by atoms with Gasteiger partial charge in [-0.25, -0.2) is 0 Å². The van der Waals surface area contributed by atoms with E-state index < -0.39 is 24.0 Å². The summed E-state index contributed by atoms with van der Waals surface area (Å²) in [6.45, 7) is 1.36. The number of unbranched alkanes of at least 4 members (excludes halogenated alkanes) is 2. The van der Waals surface area contributed by atoms with E-state index >= 15 is 0 Å². The standard InChI is InChI=1S/C18H30N4O5/c19-16(25)12(6-2-1-3-9-15(23)24)21-17(26)14-8-5-11-22(14)18(27)13-7-4-10-20-13/h12-14,20H,1-11H2,(H2,19,25)(H,21,26)(H,23,24)/t12-,13+,14-/m0/s1. The molecule has 9 heteroatoms. The van der Waals surface area contributed by atoms with Crippen LogP contribution < -0.4 is 16.4 Å². The number of likely N-dealkylation sites (tertiary alicyclic amines) is 1. The summed E-state index contributed by atoms with van der Waals surface area (Å²) in [5.41, 5.74) is 5.40. The van der Waals surface area contributed by atoms with E-state index in [9.17, 15) is 19.2 Å². The van der Waals surface area contributed by atoms with Crippen LogP contribution in [-0.2, 0) is 19.2 Å². The second-order valence-corrected chi connectivity index (χ2v) is 7.30. The van der Waals surface area contributed by atoms with Crippen LogP contribution in [0.3, 0.4) is 0 Å². The van der Waals surface area contributed by atoms with Crippen molar-refractivity contribution in [1.82, 2.24) is 15.5 Å². The minimum Gasteiger partial charge on any atom is -0.481 e. The highest BCUT2D eigenvalue weighted by Gasteiger charge is 2.38. The van der Waals surface area contributed by atoms with Gasteiger partial charge in [0, 0.05) is 13.0 Å². The van der Waals surface area contributed by atoms with E-state index in [1.807, 2.05) is 0 Å². The van der Waals surface area contributed by atoms with Gasteiger partial charge in [-0.2, -0.15) is 0 Å². The fraction of sp³-hybridized carbons (Fsp3) is 0.778. The van der Waals surface area contributed by atoms with Gasteiger partial charge in [-0.15, -0.1) is 0 Å². The van der Waals surface area contributed by atoms with Gasteiger partial charge in [0.1, 0.15) is 12.1 Å². The molecular formula is C18H30N4O5. The number of nitrogens with one attached hydrogen (secondary N) is 2. The fourth-order valence-electron chi connectivity index (χ4n) is 3.75. The summed E-state index contributed by atoms with van der Waals surface area (Å²) in [6.07, 6.45) is 5.29. The first-order valence-electron chi connectivity index (χ1n) is 9.75. The third-order valence-electron chi connectivity index (χ3n) is 5.24. The molecule has 0 aromatic rings. The van der Waals surface area contributed by atoms with Crippen molar-refractivity contribution in [2.75, 3.05) is 13.1 Å². The minimum absolute atomic E-state index is 0.0468. The number of rotatable bonds is 10. The number of amides is 3. The molecule has 27 heavy (non-hydrogen) atoms.